The molecule has 1 aromatic rings. The Balaban J connectivity index is 2.62. The second-order valence-corrected chi connectivity index (χ2v) is 5.81. The summed E-state index contributed by atoms with van der Waals surface area (Å²) in [7, 11) is -4.33. The highest BCUT2D eigenvalue weighted by atomic mass is 31.2. The molecule has 19 heavy (non-hydrogen) atoms. The Morgan fingerprint density at radius 2 is 2.32 bits per heavy atom. The molecule has 1 aromatic heterocycles. The summed E-state index contributed by atoms with van der Waals surface area (Å²) in [5, 5.41) is 11.6. The zero-order valence-electron chi connectivity index (χ0n) is 10.1. The average molecular weight is 289 g/mol. The largest absolute Gasteiger partial charge is 0.480 e. The fraction of sp³-hybridized carbons (Fsp3) is 0.400. The van der Waals surface area contributed by atoms with E-state index in [1.165, 1.54) is 12.5 Å². The standard InChI is InChI=1S/C10H16N3O5P/c1-2-8(19(16,17)18)5-12-9(10(14)15)3-7-4-11-6-13-7/h2,4,6,8-9,12H,1,3,5H2,(H,11,13)(H,14,15)(H2,16,17,18). The van der Waals surface area contributed by atoms with E-state index in [4.69, 9.17) is 14.9 Å². The molecular weight excluding hydrogens is 273 g/mol. The third-order valence-corrected chi connectivity index (χ3v) is 3.81. The average Bonchev–Trinajstić information content (AvgIpc) is 2.79. The highest BCUT2D eigenvalue weighted by molar-refractivity contribution is 7.52. The molecule has 106 valence electrons. The minimum atomic E-state index is -4.33. The summed E-state index contributed by atoms with van der Waals surface area (Å²) in [4.78, 5) is 35.6. The van der Waals surface area contributed by atoms with Gasteiger partial charge in [0.1, 0.15) is 6.04 Å². The normalized spacial score (nSPS) is 14.8. The Morgan fingerprint density at radius 3 is 2.74 bits per heavy atom. The number of aromatic amines is 1. The van der Waals surface area contributed by atoms with E-state index < -0.39 is 25.3 Å². The van der Waals surface area contributed by atoms with Crippen molar-refractivity contribution in [1.82, 2.24) is 15.3 Å². The number of nitrogens with zero attached hydrogens (tertiary/aromatic N) is 1. The highest BCUT2D eigenvalue weighted by Crippen LogP contribution is 2.41. The van der Waals surface area contributed by atoms with Crippen molar-refractivity contribution in [2.45, 2.75) is 18.1 Å². The first-order valence-electron chi connectivity index (χ1n) is 5.45. The number of imidazole rings is 1. The maximum Gasteiger partial charge on any atom is 0.333 e. The van der Waals surface area contributed by atoms with Crippen LogP contribution in [-0.4, -0.2) is 49.1 Å². The lowest BCUT2D eigenvalue weighted by atomic mass is 10.1. The van der Waals surface area contributed by atoms with E-state index in [0.29, 0.717) is 5.69 Å². The number of aromatic nitrogens is 2. The zero-order valence-corrected chi connectivity index (χ0v) is 11.0. The van der Waals surface area contributed by atoms with Gasteiger partial charge in [-0.3, -0.25) is 9.36 Å². The second-order valence-electron chi connectivity index (χ2n) is 3.97. The third-order valence-electron chi connectivity index (χ3n) is 2.55. The molecule has 5 N–H and O–H groups in total. The Bertz CT molecular complexity index is 470. The van der Waals surface area contributed by atoms with Gasteiger partial charge < -0.3 is 25.2 Å². The fourth-order valence-electron chi connectivity index (χ4n) is 1.47. The monoisotopic (exact) mass is 289 g/mol. The van der Waals surface area contributed by atoms with Crippen LogP contribution in [0.15, 0.2) is 25.2 Å². The summed E-state index contributed by atoms with van der Waals surface area (Å²) in [5.41, 5.74) is -0.498. The Morgan fingerprint density at radius 1 is 1.63 bits per heavy atom. The quantitative estimate of drug-likeness (QED) is 0.328. The lowest BCUT2D eigenvalue weighted by Crippen LogP contribution is -2.42. The van der Waals surface area contributed by atoms with Crippen LogP contribution < -0.4 is 5.32 Å². The van der Waals surface area contributed by atoms with Crippen LogP contribution in [0.25, 0.3) is 0 Å². The van der Waals surface area contributed by atoms with Gasteiger partial charge in [0.2, 0.25) is 0 Å². The van der Waals surface area contributed by atoms with E-state index in [-0.39, 0.29) is 13.0 Å². The van der Waals surface area contributed by atoms with Crippen molar-refractivity contribution < 1.29 is 24.3 Å². The van der Waals surface area contributed by atoms with Gasteiger partial charge in [0.05, 0.1) is 12.0 Å². The molecule has 0 aliphatic heterocycles. The molecule has 0 aliphatic carbocycles. The molecule has 9 heteroatoms. The van der Waals surface area contributed by atoms with Crippen molar-refractivity contribution in [3.8, 4) is 0 Å². The summed E-state index contributed by atoms with van der Waals surface area (Å²) in [6, 6.07) is -0.963. The lowest BCUT2D eigenvalue weighted by molar-refractivity contribution is -0.139. The fourth-order valence-corrected chi connectivity index (χ4v) is 2.08. The van der Waals surface area contributed by atoms with Crippen molar-refractivity contribution in [1.29, 1.82) is 0 Å². The summed E-state index contributed by atoms with van der Waals surface area (Å²) < 4.78 is 11.1. The van der Waals surface area contributed by atoms with Gasteiger partial charge in [-0.1, -0.05) is 6.08 Å². The number of carboxylic acid groups (broad SMARTS) is 1. The number of nitrogens with one attached hydrogen (secondary N) is 2. The molecule has 2 unspecified atom stereocenters. The van der Waals surface area contributed by atoms with E-state index in [0.717, 1.165) is 6.08 Å². The maximum absolute atomic E-state index is 11.1. The van der Waals surface area contributed by atoms with Gasteiger partial charge in [0, 0.05) is 24.9 Å². The van der Waals surface area contributed by atoms with Gasteiger partial charge in [-0.05, 0) is 0 Å². The van der Waals surface area contributed by atoms with E-state index >= 15 is 0 Å². The predicted octanol–water partition coefficient (Wildman–Crippen LogP) is -0.273. The predicted molar refractivity (Wildman–Crippen MR) is 67.7 cm³/mol. The Kier molecular flexibility index (Phi) is 5.44. The first-order chi connectivity index (χ1) is 8.84. The van der Waals surface area contributed by atoms with Crippen molar-refractivity contribution in [3.63, 3.8) is 0 Å². The van der Waals surface area contributed by atoms with Gasteiger partial charge in [0.15, 0.2) is 0 Å². The number of carboxylic acids is 1. The molecule has 0 spiro atoms. The van der Waals surface area contributed by atoms with Gasteiger partial charge in [-0.2, -0.15) is 0 Å². The summed E-state index contributed by atoms with van der Waals surface area (Å²) in [6.07, 6.45) is 4.17. The van der Waals surface area contributed by atoms with Gasteiger partial charge in [-0.15, -0.1) is 6.58 Å². The molecular formula is C10H16N3O5P. The minimum absolute atomic E-state index is 0.139. The van der Waals surface area contributed by atoms with E-state index in [1.807, 2.05) is 0 Å². The van der Waals surface area contributed by atoms with E-state index in [2.05, 4.69) is 21.9 Å². The SMILES string of the molecule is C=CC(CNC(Cc1cnc[nH]1)C(=O)O)P(=O)(O)O. The van der Waals surface area contributed by atoms with Gasteiger partial charge in [-0.25, -0.2) is 4.98 Å². The highest BCUT2D eigenvalue weighted by Gasteiger charge is 2.27. The Labute approximate surface area is 109 Å². The first kappa shape index (κ1) is 15.6. The second kappa shape index (κ2) is 6.63. The maximum atomic E-state index is 11.1. The molecule has 0 aliphatic rings. The number of aliphatic carboxylic acids is 1. The smallest absolute Gasteiger partial charge is 0.333 e. The van der Waals surface area contributed by atoms with Crippen LogP contribution >= 0.6 is 7.60 Å². The molecule has 0 radical (unpaired) electrons. The van der Waals surface area contributed by atoms with E-state index in [9.17, 15) is 9.36 Å². The number of carbonyl (C=O) groups is 1. The third kappa shape index (κ3) is 4.96. The number of hydrogen-bond donors (Lipinski definition) is 5. The van der Waals surface area contributed by atoms with Crippen LogP contribution in [0.2, 0.25) is 0 Å². The number of rotatable bonds is 8. The molecule has 2 atom stereocenters. The van der Waals surface area contributed by atoms with Crippen molar-refractivity contribution in [3.05, 3.63) is 30.9 Å². The summed E-state index contributed by atoms with van der Waals surface area (Å²) in [6.45, 7) is 3.16. The van der Waals surface area contributed by atoms with E-state index in [1.54, 1.807) is 0 Å². The molecule has 8 nitrogen and oxygen atoms in total. The molecule has 0 amide bonds. The van der Waals surface area contributed by atoms with Crippen LogP contribution in [0.3, 0.4) is 0 Å². The molecule has 1 rings (SSSR count). The number of H-pyrrole nitrogens is 1. The molecule has 0 fully saturated rings. The van der Waals surface area contributed by atoms with Crippen molar-refractivity contribution >= 4 is 13.6 Å². The van der Waals surface area contributed by atoms with Crippen LogP contribution in [-0.2, 0) is 15.8 Å². The molecule has 0 saturated carbocycles. The minimum Gasteiger partial charge on any atom is -0.480 e. The summed E-state index contributed by atoms with van der Waals surface area (Å²) >= 11 is 0. The van der Waals surface area contributed by atoms with Gasteiger partial charge in [0.25, 0.3) is 0 Å². The topological polar surface area (TPSA) is 136 Å². The molecule has 1 heterocycles. The van der Waals surface area contributed by atoms with Gasteiger partial charge >= 0.3 is 13.6 Å². The molecule has 0 bridgehead atoms. The number of hydrogen-bond acceptors (Lipinski definition) is 4. The van der Waals surface area contributed by atoms with Crippen LogP contribution in [0.4, 0.5) is 0 Å². The lowest BCUT2D eigenvalue weighted by Gasteiger charge is -2.18. The van der Waals surface area contributed by atoms with Crippen LogP contribution in [0.1, 0.15) is 5.69 Å². The summed E-state index contributed by atoms with van der Waals surface area (Å²) in [5.74, 6) is -1.11. The van der Waals surface area contributed by atoms with Crippen LogP contribution in [0.5, 0.6) is 0 Å². The first-order valence-corrected chi connectivity index (χ1v) is 7.14. The van der Waals surface area contributed by atoms with Crippen molar-refractivity contribution in [2.75, 3.05) is 6.54 Å². The Hall–Kier alpha value is -1.47. The van der Waals surface area contributed by atoms with Crippen molar-refractivity contribution in [2.24, 2.45) is 0 Å². The van der Waals surface area contributed by atoms with Crippen LogP contribution in [0, 0.1) is 0 Å². The zero-order chi connectivity index (χ0) is 14.5. The molecule has 0 aromatic carbocycles. The molecule has 0 saturated heterocycles.